The highest BCUT2D eigenvalue weighted by atomic mass is 35.5. The van der Waals surface area contributed by atoms with Crippen LogP contribution in [0.15, 0.2) is 18.2 Å². The van der Waals surface area contributed by atoms with Gasteiger partial charge in [-0.1, -0.05) is 44.9 Å². The topological polar surface area (TPSA) is 3.24 Å². The van der Waals surface area contributed by atoms with Gasteiger partial charge in [0.25, 0.3) is 0 Å². The molecule has 0 aromatic heterocycles. The number of anilines is 1. The summed E-state index contributed by atoms with van der Waals surface area (Å²) in [5.41, 5.74) is 2.54. The molecule has 1 aliphatic rings. The highest BCUT2D eigenvalue weighted by Gasteiger charge is 2.18. The molecule has 0 N–H and O–H groups in total. The van der Waals surface area contributed by atoms with Crippen LogP contribution in [0.4, 0.5) is 5.69 Å². The van der Waals surface area contributed by atoms with Crippen LogP contribution in [-0.4, -0.2) is 13.1 Å². The van der Waals surface area contributed by atoms with E-state index in [1.54, 1.807) is 0 Å². The van der Waals surface area contributed by atoms with Gasteiger partial charge in [-0.3, -0.25) is 0 Å². The predicted octanol–water partition coefficient (Wildman–Crippen LogP) is 5.09. The number of piperidine rings is 1. The summed E-state index contributed by atoms with van der Waals surface area (Å²) >= 11 is 6.37. The maximum absolute atomic E-state index is 6.37. The molecule has 0 saturated carbocycles. The molecular weight excluding hydrogens is 242 g/mol. The van der Waals surface area contributed by atoms with Gasteiger partial charge >= 0.3 is 0 Å². The maximum atomic E-state index is 6.37. The van der Waals surface area contributed by atoms with Crippen molar-refractivity contribution in [3.05, 3.63) is 28.8 Å². The third-order valence-electron chi connectivity index (χ3n) is 4.16. The van der Waals surface area contributed by atoms with Crippen LogP contribution >= 0.6 is 11.6 Å². The molecule has 1 aromatic carbocycles. The van der Waals surface area contributed by atoms with E-state index >= 15 is 0 Å². The van der Waals surface area contributed by atoms with Gasteiger partial charge in [0.1, 0.15) is 0 Å². The first-order valence-corrected chi connectivity index (χ1v) is 7.54. The van der Waals surface area contributed by atoms with Crippen molar-refractivity contribution in [2.45, 2.75) is 46.0 Å². The SMILES string of the molecule is CCC1CCN(c2ccc(C(C)C)c(Cl)c2)CC1. The Balaban J connectivity index is 2.08. The molecule has 1 aromatic rings. The Hall–Kier alpha value is -0.690. The molecule has 0 spiro atoms. The Labute approximate surface area is 116 Å². The zero-order valence-corrected chi connectivity index (χ0v) is 12.5. The molecule has 1 saturated heterocycles. The van der Waals surface area contributed by atoms with Crippen LogP contribution in [-0.2, 0) is 0 Å². The monoisotopic (exact) mass is 265 g/mol. The Morgan fingerprint density at radius 2 is 1.94 bits per heavy atom. The highest BCUT2D eigenvalue weighted by molar-refractivity contribution is 6.31. The lowest BCUT2D eigenvalue weighted by molar-refractivity contribution is 0.395. The van der Waals surface area contributed by atoms with Crippen molar-refractivity contribution in [3.63, 3.8) is 0 Å². The summed E-state index contributed by atoms with van der Waals surface area (Å²) in [4.78, 5) is 2.47. The number of benzene rings is 1. The second-order valence-electron chi connectivity index (χ2n) is 5.70. The van der Waals surface area contributed by atoms with Gasteiger partial charge in [-0.15, -0.1) is 0 Å². The van der Waals surface area contributed by atoms with Gasteiger partial charge in [0.2, 0.25) is 0 Å². The van der Waals surface area contributed by atoms with Crippen molar-refractivity contribution < 1.29 is 0 Å². The largest absolute Gasteiger partial charge is 0.371 e. The van der Waals surface area contributed by atoms with Crippen LogP contribution in [0.25, 0.3) is 0 Å². The molecule has 1 heterocycles. The zero-order chi connectivity index (χ0) is 13.1. The summed E-state index contributed by atoms with van der Waals surface area (Å²) in [6.45, 7) is 9.03. The van der Waals surface area contributed by atoms with E-state index in [0.29, 0.717) is 5.92 Å². The van der Waals surface area contributed by atoms with Crippen LogP contribution < -0.4 is 4.90 Å². The first-order chi connectivity index (χ1) is 8.61. The van der Waals surface area contributed by atoms with Gasteiger partial charge in [0.15, 0.2) is 0 Å². The average Bonchev–Trinajstić information content (AvgIpc) is 2.38. The molecule has 0 radical (unpaired) electrons. The van der Waals surface area contributed by atoms with Gasteiger partial charge in [-0.2, -0.15) is 0 Å². The van der Waals surface area contributed by atoms with Gasteiger partial charge in [0.05, 0.1) is 0 Å². The van der Waals surface area contributed by atoms with E-state index in [0.717, 1.165) is 10.9 Å². The molecule has 1 aliphatic heterocycles. The molecule has 1 fully saturated rings. The number of hydrogen-bond donors (Lipinski definition) is 0. The number of hydrogen-bond acceptors (Lipinski definition) is 1. The smallest absolute Gasteiger partial charge is 0.0461 e. The molecule has 18 heavy (non-hydrogen) atoms. The quantitative estimate of drug-likeness (QED) is 0.736. The zero-order valence-electron chi connectivity index (χ0n) is 11.7. The summed E-state index contributed by atoms with van der Waals surface area (Å²) in [6.07, 6.45) is 3.96. The van der Waals surface area contributed by atoms with Crippen molar-refractivity contribution in [1.29, 1.82) is 0 Å². The third-order valence-corrected chi connectivity index (χ3v) is 4.49. The second kappa shape index (κ2) is 5.97. The Morgan fingerprint density at radius 3 is 2.44 bits per heavy atom. The number of nitrogens with zero attached hydrogens (tertiary/aromatic N) is 1. The van der Waals surface area contributed by atoms with E-state index < -0.39 is 0 Å². The fourth-order valence-electron chi connectivity index (χ4n) is 2.78. The molecule has 0 unspecified atom stereocenters. The van der Waals surface area contributed by atoms with E-state index in [1.165, 1.54) is 43.6 Å². The minimum Gasteiger partial charge on any atom is -0.371 e. The van der Waals surface area contributed by atoms with Crippen molar-refractivity contribution >= 4 is 17.3 Å². The molecule has 0 amide bonds. The molecule has 0 bridgehead atoms. The minimum absolute atomic E-state index is 0.498. The Bertz CT molecular complexity index is 392. The fraction of sp³-hybridized carbons (Fsp3) is 0.625. The lowest BCUT2D eigenvalue weighted by atomic mass is 9.94. The van der Waals surface area contributed by atoms with Gasteiger partial charge < -0.3 is 4.90 Å². The summed E-state index contributed by atoms with van der Waals surface area (Å²) in [6, 6.07) is 6.56. The Kier molecular flexibility index (Phi) is 4.55. The van der Waals surface area contributed by atoms with E-state index in [2.05, 4.69) is 43.9 Å². The standard InChI is InChI=1S/C16H24ClN/c1-4-13-7-9-18(10-8-13)14-5-6-15(12(2)3)16(17)11-14/h5-6,11-13H,4,7-10H2,1-3H3. The van der Waals surface area contributed by atoms with E-state index in [4.69, 9.17) is 11.6 Å². The summed E-state index contributed by atoms with van der Waals surface area (Å²) < 4.78 is 0. The summed E-state index contributed by atoms with van der Waals surface area (Å²) in [7, 11) is 0. The Morgan fingerprint density at radius 1 is 1.28 bits per heavy atom. The van der Waals surface area contributed by atoms with Crippen LogP contribution in [0.3, 0.4) is 0 Å². The normalized spacial score (nSPS) is 17.5. The predicted molar refractivity (Wildman–Crippen MR) is 80.8 cm³/mol. The molecule has 0 aliphatic carbocycles. The average molecular weight is 266 g/mol. The van der Waals surface area contributed by atoms with Crippen molar-refractivity contribution in [2.75, 3.05) is 18.0 Å². The fourth-order valence-corrected chi connectivity index (χ4v) is 3.17. The van der Waals surface area contributed by atoms with E-state index in [1.807, 2.05) is 0 Å². The number of halogens is 1. The first-order valence-electron chi connectivity index (χ1n) is 7.16. The van der Waals surface area contributed by atoms with E-state index in [9.17, 15) is 0 Å². The van der Waals surface area contributed by atoms with Crippen LogP contribution in [0.2, 0.25) is 5.02 Å². The second-order valence-corrected chi connectivity index (χ2v) is 6.11. The highest BCUT2D eigenvalue weighted by Crippen LogP contribution is 2.31. The summed E-state index contributed by atoms with van der Waals surface area (Å²) in [5.74, 6) is 1.42. The molecule has 0 atom stereocenters. The number of rotatable bonds is 3. The molecule has 2 heteroatoms. The molecular formula is C16H24ClN. The van der Waals surface area contributed by atoms with Gasteiger partial charge in [-0.25, -0.2) is 0 Å². The third kappa shape index (κ3) is 3.00. The first kappa shape index (κ1) is 13.7. The molecule has 2 rings (SSSR count). The van der Waals surface area contributed by atoms with Gasteiger partial charge in [0, 0.05) is 23.8 Å². The summed E-state index contributed by atoms with van der Waals surface area (Å²) in [5, 5.41) is 0.917. The minimum atomic E-state index is 0.498. The maximum Gasteiger partial charge on any atom is 0.0461 e. The van der Waals surface area contributed by atoms with Crippen LogP contribution in [0, 0.1) is 5.92 Å². The molecule has 1 nitrogen and oxygen atoms in total. The van der Waals surface area contributed by atoms with E-state index in [-0.39, 0.29) is 0 Å². The molecule has 100 valence electrons. The lowest BCUT2D eigenvalue weighted by Gasteiger charge is -2.33. The van der Waals surface area contributed by atoms with Crippen molar-refractivity contribution in [1.82, 2.24) is 0 Å². The lowest BCUT2D eigenvalue weighted by Crippen LogP contribution is -2.33. The van der Waals surface area contributed by atoms with Crippen molar-refractivity contribution in [3.8, 4) is 0 Å². The van der Waals surface area contributed by atoms with Crippen LogP contribution in [0.5, 0.6) is 0 Å². The van der Waals surface area contributed by atoms with Crippen LogP contribution in [0.1, 0.15) is 51.5 Å². The van der Waals surface area contributed by atoms with Crippen molar-refractivity contribution in [2.24, 2.45) is 5.92 Å². The van der Waals surface area contributed by atoms with Gasteiger partial charge in [-0.05, 0) is 42.4 Å².